The van der Waals surface area contributed by atoms with Gasteiger partial charge < -0.3 is 20.9 Å². The van der Waals surface area contributed by atoms with Crippen molar-refractivity contribution in [3.8, 4) is 5.69 Å². The first-order valence-corrected chi connectivity index (χ1v) is 8.83. The Morgan fingerprint density at radius 1 is 1.27 bits per heavy atom. The van der Waals surface area contributed by atoms with Crippen LogP contribution < -0.4 is 16.7 Å². The standard InChI is InChI=1S/C19H26N6O/c1-24(2)13-16-10-15-12-25(19(26)23-18(15)22-16)17-6-4-14(5-7-17)11-21-9-3-8-20/h4-7,10,12,21H,3,8-9,11,13,20H2,1-2H3,(H,22,23,26). The molecule has 2 heterocycles. The molecule has 3 aromatic rings. The first-order chi connectivity index (χ1) is 12.6. The van der Waals surface area contributed by atoms with E-state index in [1.165, 1.54) is 5.56 Å². The minimum absolute atomic E-state index is 0.287. The summed E-state index contributed by atoms with van der Waals surface area (Å²) < 4.78 is 1.58. The second-order valence-electron chi connectivity index (χ2n) is 6.72. The first-order valence-electron chi connectivity index (χ1n) is 8.83. The highest BCUT2D eigenvalue weighted by Crippen LogP contribution is 2.15. The van der Waals surface area contributed by atoms with E-state index in [1.54, 1.807) is 4.57 Å². The zero-order chi connectivity index (χ0) is 18.5. The molecule has 0 radical (unpaired) electrons. The molecular weight excluding hydrogens is 328 g/mol. The van der Waals surface area contributed by atoms with Gasteiger partial charge in [0, 0.05) is 30.4 Å². The Morgan fingerprint density at radius 2 is 2.04 bits per heavy atom. The molecule has 0 atom stereocenters. The molecule has 0 amide bonds. The third-order valence-corrected chi connectivity index (χ3v) is 4.15. The molecule has 138 valence electrons. The Morgan fingerprint density at radius 3 is 2.73 bits per heavy atom. The van der Waals surface area contributed by atoms with Gasteiger partial charge in [-0.2, -0.15) is 4.98 Å². The predicted octanol–water partition coefficient (Wildman–Crippen LogP) is 1.21. The van der Waals surface area contributed by atoms with Crippen molar-refractivity contribution in [3.63, 3.8) is 0 Å². The number of H-pyrrole nitrogens is 1. The summed E-state index contributed by atoms with van der Waals surface area (Å²) >= 11 is 0. The predicted molar refractivity (Wildman–Crippen MR) is 104 cm³/mol. The molecule has 0 saturated heterocycles. The van der Waals surface area contributed by atoms with E-state index >= 15 is 0 Å². The molecule has 7 nitrogen and oxygen atoms in total. The average molecular weight is 354 g/mol. The largest absolute Gasteiger partial charge is 0.354 e. The molecule has 0 unspecified atom stereocenters. The number of benzene rings is 1. The Bertz CT molecular complexity index is 910. The van der Waals surface area contributed by atoms with Crippen LogP contribution in [0.2, 0.25) is 0 Å². The maximum atomic E-state index is 12.4. The Labute approximate surface area is 152 Å². The lowest BCUT2D eigenvalue weighted by atomic mass is 10.2. The summed E-state index contributed by atoms with van der Waals surface area (Å²) in [4.78, 5) is 21.8. The van der Waals surface area contributed by atoms with Gasteiger partial charge in [0.05, 0.1) is 5.69 Å². The zero-order valence-electron chi connectivity index (χ0n) is 15.3. The lowest BCUT2D eigenvalue weighted by Gasteiger charge is -2.07. The Kier molecular flexibility index (Phi) is 5.82. The van der Waals surface area contributed by atoms with Crippen LogP contribution in [0.5, 0.6) is 0 Å². The average Bonchev–Trinajstić information content (AvgIpc) is 2.99. The summed E-state index contributed by atoms with van der Waals surface area (Å²) in [7, 11) is 4.01. The Hall–Kier alpha value is -2.48. The molecule has 0 aliphatic rings. The lowest BCUT2D eigenvalue weighted by Crippen LogP contribution is -2.20. The second-order valence-corrected chi connectivity index (χ2v) is 6.72. The fraction of sp³-hybridized carbons (Fsp3) is 0.368. The number of aromatic nitrogens is 3. The third kappa shape index (κ3) is 4.37. The van der Waals surface area contributed by atoms with Gasteiger partial charge in [0.25, 0.3) is 0 Å². The summed E-state index contributed by atoms with van der Waals surface area (Å²) in [6, 6.07) is 9.98. The summed E-state index contributed by atoms with van der Waals surface area (Å²) in [5.41, 5.74) is 8.84. The van der Waals surface area contributed by atoms with Crippen LogP contribution in [0.4, 0.5) is 0 Å². The molecule has 26 heavy (non-hydrogen) atoms. The monoisotopic (exact) mass is 354 g/mol. The van der Waals surface area contributed by atoms with Crippen molar-refractivity contribution in [3.05, 3.63) is 58.3 Å². The van der Waals surface area contributed by atoms with Crippen LogP contribution in [-0.2, 0) is 13.1 Å². The van der Waals surface area contributed by atoms with E-state index in [0.29, 0.717) is 12.2 Å². The van der Waals surface area contributed by atoms with E-state index in [4.69, 9.17) is 5.73 Å². The van der Waals surface area contributed by atoms with Crippen LogP contribution in [0.1, 0.15) is 17.7 Å². The number of aromatic amines is 1. The molecule has 4 N–H and O–H groups in total. The van der Waals surface area contributed by atoms with Crippen LogP contribution in [-0.4, -0.2) is 46.6 Å². The summed E-state index contributed by atoms with van der Waals surface area (Å²) in [6.45, 7) is 3.16. The fourth-order valence-electron chi connectivity index (χ4n) is 2.90. The molecule has 2 aromatic heterocycles. The molecule has 0 saturated carbocycles. The highest BCUT2D eigenvalue weighted by Gasteiger charge is 2.08. The van der Waals surface area contributed by atoms with Gasteiger partial charge in [0.2, 0.25) is 0 Å². The molecule has 7 heteroatoms. The van der Waals surface area contributed by atoms with Crippen LogP contribution >= 0.6 is 0 Å². The van der Waals surface area contributed by atoms with E-state index in [2.05, 4.69) is 20.2 Å². The van der Waals surface area contributed by atoms with Crippen molar-refractivity contribution >= 4 is 11.0 Å². The zero-order valence-corrected chi connectivity index (χ0v) is 15.3. The van der Waals surface area contributed by atoms with Crippen molar-refractivity contribution in [2.75, 3.05) is 27.2 Å². The van der Waals surface area contributed by atoms with Crippen molar-refractivity contribution < 1.29 is 0 Å². The van der Waals surface area contributed by atoms with E-state index in [-0.39, 0.29) is 5.69 Å². The van der Waals surface area contributed by atoms with Gasteiger partial charge >= 0.3 is 5.69 Å². The van der Waals surface area contributed by atoms with Gasteiger partial charge in [-0.05, 0) is 57.4 Å². The maximum Gasteiger partial charge on any atom is 0.354 e. The number of hydrogen-bond donors (Lipinski definition) is 3. The molecular formula is C19H26N6O. The summed E-state index contributed by atoms with van der Waals surface area (Å²) in [6.07, 6.45) is 2.81. The van der Waals surface area contributed by atoms with Crippen molar-refractivity contribution in [2.45, 2.75) is 19.5 Å². The molecule has 1 aromatic carbocycles. The topological polar surface area (TPSA) is 92.0 Å². The van der Waals surface area contributed by atoms with Crippen LogP contribution in [0.15, 0.2) is 41.3 Å². The number of nitrogens with two attached hydrogens (primary N) is 1. The van der Waals surface area contributed by atoms with Gasteiger partial charge in [-0.1, -0.05) is 12.1 Å². The van der Waals surface area contributed by atoms with Crippen molar-refractivity contribution in [1.29, 1.82) is 0 Å². The SMILES string of the molecule is CN(C)Cc1cc2cn(-c3ccc(CNCCCN)cc3)c(=O)nc2[nH]1. The fourth-order valence-corrected chi connectivity index (χ4v) is 2.90. The van der Waals surface area contributed by atoms with E-state index < -0.39 is 0 Å². The first kappa shape index (κ1) is 18.3. The smallest absolute Gasteiger partial charge is 0.342 e. The van der Waals surface area contributed by atoms with Gasteiger partial charge in [0.1, 0.15) is 5.65 Å². The number of fused-ring (bicyclic) bond motifs is 1. The van der Waals surface area contributed by atoms with E-state index in [0.717, 1.165) is 42.8 Å². The molecule has 0 spiro atoms. The van der Waals surface area contributed by atoms with Crippen molar-refractivity contribution in [2.24, 2.45) is 5.73 Å². The number of rotatable bonds is 8. The number of hydrogen-bond acceptors (Lipinski definition) is 5. The summed E-state index contributed by atoms with van der Waals surface area (Å²) in [5.74, 6) is 0. The molecule has 0 aliphatic carbocycles. The summed E-state index contributed by atoms with van der Waals surface area (Å²) in [5, 5.41) is 4.27. The third-order valence-electron chi connectivity index (χ3n) is 4.15. The second kappa shape index (κ2) is 8.27. The molecule has 0 bridgehead atoms. The minimum atomic E-state index is -0.287. The van der Waals surface area contributed by atoms with E-state index in [1.807, 2.05) is 50.6 Å². The van der Waals surface area contributed by atoms with Crippen molar-refractivity contribution in [1.82, 2.24) is 24.8 Å². The molecule has 0 aliphatic heterocycles. The van der Waals surface area contributed by atoms with Gasteiger partial charge in [-0.3, -0.25) is 4.57 Å². The van der Waals surface area contributed by atoms with Gasteiger partial charge in [-0.15, -0.1) is 0 Å². The molecule has 3 rings (SSSR count). The lowest BCUT2D eigenvalue weighted by molar-refractivity contribution is 0.398. The maximum absolute atomic E-state index is 12.4. The highest BCUT2D eigenvalue weighted by molar-refractivity contribution is 5.75. The number of nitrogens with zero attached hydrogens (tertiary/aromatic N) is 3. The van der Waals surface area contributed by atoms with Crippen LogP contribution in [0, 0.1) is 0 Å². The van der Waals surface area contributed by atoms with Gasteiger partial charge in [-0.25, -0.2) is 4.79 Å². The minimum Gasteiger partial charge on any atom is -0.342 e. The van der Waals surface area contributed by atoms with Gasteiger partial charge in [0.15, 0.2) is 0 Å². The highest BCUT2D eigenvalue weighted by atomic mass is 16.1. The quantitative estimate of drug-likeness (QED) is 0.529. The number of nitrogens with one attached hydrogen (secondary N) is 2. The van der Waals surface area contributed by atoms with Crippen LogP contribution in [0.25, 0.3) is 16.7 Å². The normalized spacial score (nSPS) is 11.5. The van der Waals surface area contributed by atoms with Crippen LogP contribution in [0.3, 0.4) is 0 Å². The van der Waals surface area contributed by atoms with E-state index in [9.17, 15) is 4.79 Å². The Balaban J connectivity index is 1.80. The molecule has 0 fully saturated rings.